The number of carbonyl (C=O) groups is 2. The normalized spacial score (nSPS) is 13.2. The van der Waals surface area contributed by atoms with Crippen molar-refractivity contribution in [2.45, 2.75) is 18.9 Å². The van der Waals surface area contributed by atoms with Gasteiger partial charge in [0.25, 0.3) is 0 Å². The third-order valence-electron chi connectivity index (χ3n) is 5.52. The molecule has 0 saturated carbocycles. The first-order chi connectivity index (χ1) is 15.5. The number of nitrogens with zero attached hydrogens (tertiary/aromatic N) is 3. The number of thioether (sulfide) groups is 1. The Balaban J connectivity index is 1.28. The molecule has 2 N–H and O–H groups in total. The molecular weight excluding hydrogens is 422 g/mol. The van der Waals surface area contributed by atoms with Crippen molar-refractivity contribution in [2.75, 3.05) is 22.5 Å². The average molecular weight is 444 g/mol. The molecule has 1 aliphatic heterocycles. The van der Waals surface area contributed by atoms with Gasteiger partial charge in [-0.25, -0.2) is 9.97 Å². The topological polar surface area (TPSA) is 91.0 Å². The van der Waals surface area contributed by atoms with Crippen LogP contribution in [0.3, 0.4) is 0 Å². The lowest BCUT2D eigenvalue weighted by Crippen LogP contribution is -2.43. The van der Waals surface area contributed by atoms with Crippen LogP contribution in [0.5, 0.6) is 0 Å². The molecule has 4 aromatic rings. The lowest BCUT2D eigenvalue weighted by Gasteiger charge is -2.29. The van der Waals surface area contributed by atoms with E-state index in [4.69, 9.17) is 0 Å². The largest absolute Gasteiger partial charge is 0.338 e. The van der Waals surface area contributed by atoms with Crippen LogP contribution in [-0.4, -0.2) is 39.1 Å². The molecule has 2 aromatic carbocycles. The molecule has 0 unspecified atom stereocenters. The number of hydrogen-bond donors (Lipinski definition) is 2. The van der Waals surface area contributed by atoms with Crippen molar-refractivity contribution in [3.05, 3.63) is 65.9 Å². The highest BCUT2D eigenvalue weighted by atomic mass is 32.2. The number of nitrogens with one attached hydrogen (secondary N) is 2. The van der Waals surface area contributed by atoms with Gasteiger partial charge >= 0.3 is 0 Å². The zero-order valence-corrected chi connectivity index (χ0v) is 18.5. The number of pyridine rings is 1. The standard InChI is InChI=1S/C24H21N5O2S/c1-14-9-18-19(10-15(14)2)28-24(27-18)16-7-8-22(25-11-16)32-13-23(31)29-12-21(30)26-17-5-3-4-6-20(17)29/h3-11H,12-13H2,1-2H3,(H,26,30)(H,27,28). The fourth-order valence-corrected chi connectivity index (χ4v) is 4.40. The van der Waals surface area contributed by atoms with E-state index in [1.54, 1.807) is 12.3 Å². The van der Waals surface area contributed by atoms with Crippen molar-refractivity contribution in [2.24, 2.45) is 0 Å². The molecule has 8 heteroatoms. The number of benzene rings is 2. The maximum absolute atomic E-state index is 12.8. The molecule has 5 rings (SSSR count). The number of aromatic nitrogens is 3. The van der Waals surface area contributed by atoms with E-state index in [0.717, 1.165) is 33.1 Å². The Hall–Kier alpha value is -3.65. The summed E-state index contributed by atoms with van der Waals surface area (Å²) < 4.78 is 0. The van der Waals surface area contributed by atoms with Crippen LogP contribution in [0, 0.1) is 13.8 Å². The van der Waals surface area contributed by atoms with Crippen molar-refractivity contribution in [1.82, 2.24) is 15.0 Å². The number of anilines is 2. The highest BCUT2D eigenvalue weighted by Gasteiger charge is 2.26. The molecule has 0 aliphatic carbocycles. The van der Waals surface area contributed by atoms with E-state index in [1.165, 1.54) is 27.8 Å². The monoisotopic (exact) mass is 443 g/mol. The van der Waals surface area contributed by atoms with Gasteiger partial charge in [-0.1, -0.05) is 23.9 Å². The van der Waals surface area contributed by atoms with Crippen LogP contribution in [0.15, 0.2) is 59.8 Å². The van der Waals surface area contributed by atoms with Crippen molar-refractivity contribution in [3.8, 4) is 11.4 Å². The second kappa shape index (κ2) is 8.12. The minimum Gasteiger partial charge on any atom is -0.338 e. The lowest BCUT2D eigenvalue weighted by molar-refractivity contribution is -0.120. The zero-order valence-electron chi connectivity index (χ0n) is 17.7. The minimum absolute atomic E-state index is 0.0216. The van der Waals surface area contributed by atoms with Gasteiger partial charge in [0.2, 0.25) is 11.8 Å². The summed E-state index contributed by atoms with van der Waals surface area (Å²) >= 11 is 1.35. The van der Waals surface area contributed by atoms with Crippen molar-refractivity contribution < 1.29 is 9.59 Å². The van der Waals surface area contributed by atoms with E-state index in [0.29, 0.717) is 5.69 Å². The summed E-state index contributed by atoms with van der Waals surface area (Å²) in [6.45, 7) is 4.18. The third-order valence-corrected chi connectivity index (χ3v) is 6.45. The fourth-order valence-electron chi connectivity index (χ4n) is 3.68. The number of amides is 2. The van der Waals surface area contributed by atoms with E-state index >= 15 is 0 Å². The Labute approximate surface area is 189 Å². The van der Waals surface area contributed by atoms with Crippen LogP contribution in [0.4, 0.5) is 11.4 Å². The van der Waals surface area contributed by atoms with E-state index in [2.05, 4.69) is 46.2 Å². The molecule has 2 aromatic heterocycles. The molecule has 3 heterocycles. The van der Waals surface area contributed by atoms with Gasteiger partial charge in [-0.3, -0.25) is 9.59 Å². The Bertz CT molecular complexity index is 1310. The molecule has 32 heavy (non-hydrogen) atoms. The van der Waals surface area contributed by atoms with E-state index in [-0.39, 0.29) is 24.1 Å². The van der Waals surface area contributed by atoms with Crippen LogP contribution in [0.25, 0.3) is 22.4 Å². The number of para-hydroxylation sites is 2. The number of aryl methyl sites for hydroxylation is 2. The summed E-state index contributed by atoms with van der Waals surface area (Å²) in [6.07, 6.45) is 1.76. The van der Waals surface area contributed by atoms with Gasteiger partial charge < -0.3 is 15.2 Å². The molecule has 7 nitrogen and oxygen atoms in total. The van der Waals surface area contributed by atoms with E-state index in [9.17, 15) is 9.59 Å². The third kappa shape index (κ3) is 3.85. The quantitative estimate of drug-likeness (QED) is 0.459. The predicted molar refractivity (Wildman–Crippen MR) is 127 cm³/mol. The smallest absolute Gasteiger partial charge is 0.244 e. The molecule has 0 radical (unpaired) electrons. The molecular formula is C24H21N5O2S. The number of rotatable bonds is 4. The molecule has 1 aliphatic rings. The maximum Gasteiger partial charge on any atom is 0.244 e. The van der Waals surface area contributed by atoms with Gasteiger partial charge in [0, 0.05) is 11.8 Å². The number of imidazole rings is 1. The SMILES string of the molecule is Cc1cc2nc(-c3ccc(SCC(=O)N4CC(=O)Nc5ccccc54)nc3)[nH]c2cc1C. The van der Waals surface area contributed by atoms with Gasteiger partial charge in [0.1, 0.15) is 12.4 Å². The summed E-state index contributed by atoms with van der Waals surface area (Å²) in [5.74, 6) is 0.630. The number of fused-ring (bicyclic) bond motifs is 2. The highest BCUT2D eigenvalue weighted by Crippen LogP contribution is 2.30. The summed E-state index contributed by atoms with van der Waals surface area (Å²) in [5.41, 5.74) is 6.61. The second-order valence-electron chi connectivity index (χ2n) is 7.76. The Kier molecular flexibility index (Phi) is 5.14. The van der Waals surface area contributed by atoms with E-state index in [1.807, 2.05) is 30.3 Å². The van der Waals surface area contributed by atoms with Crippen LogP contribution < -0.4 is 10.2 Å². The van der Waals surface area contributed by atoms with Gasteiger partial charge in [0.15, 0.2) is 0 Å². The molecule has 0 bridgehead atoms. The van der Waals surface area contributed by atoms with Gasteiger partial charge in [0.05, 0.1) is 33.2 Å². The lowest BCUT2D eigenvalue weighted by atomic mass is 10.1. The van der Waals surface area contributed by atoms with Crippen LogP contribution in [0.2, 0.25) is 0 Å². The van der Waals surface area contributed by atoms with Gasteiger partial charge in [-0.15, -0.1) is 0 Å². The fraction of sp³-hybridized carbons (Fsp3) is 0.167. The highest BCUT2D eigenvalue weighted by molar-refractivity contribution is 7.99. The molecule has 0 atom stereocenters. The predicted octanol–water partition coefficient (Wildman–Crippen LogP) is 4.32. The van der Waals surface area contributed by atoms with Crippen molar-refractivity contribution >= 4 is 46.0 Å². The van der Waals surface area contributed by atoms with Crippen LogP contribution in [-0.2, 0) is 9.59 Å². The summed E-state index contributed by atoms with van der Waals surface area (Å²) in [7, 11) is 0. The number of carbonyl (C=O) groups excluding carboxylic acids is 2. The second-order valence-corrected chi connectivity index (χ2v) is 8.75. The molecule has 2 amide bonds. The van der Waals surface area contributed by atoms with Crippen LogP contribution in [0.1, 0.15) is 11.1 Å². The van der Waals surface area contributed by atoms with Crippen LogP contribution >= 0.6 is 11.8 Å². The molecule has 0 fully saturated rings. The zero-order chi connectivity index (χ0) is 22.2. The first-order valence-electron chi connectivity index (χ1n) is 10.2. The Morgan fingerprint density at radius 3 is 2.75 bits per heavy atom. The summed E-state index contributed by atoms with van der Waals surface area (Å²) in [5, 5.41) is 3.53. The van der Waals surface area contributed by atoms with Crippen molar-refractivity contribution in [3.63, 3.8) is 0 Å². The average Bonchev–Trinajstić information content (AvgIpc) is 3.20. The van der Waals surface area contributed by atoms with Gasteiger partial charge in [-0.05, 0) is 61.4 Å². The Morgan fingerprint density at radius 2 is 1.94 bits per heavy atom. The number of hydrogen-bond acceptors (Lipinski definition) is 5. The number of aromatic amines is 1. The number of H-pyrrole nitrogens is 1. The summed E-state index contributed by atoms with van der Waals surface area (Å²) in [6, 6.07) is 15.3. The maximum atomic E-state index is 12.8. The first kappa shape index (κ1) is 20.3. The molecule has 160 valence electrons. The minimum atomic E-state index is -0.194. The molecule has 0 spiro atoms. The first-order valence-corrected chi connectivity index (χ1v) is 11.2. The van der Waals surface area contributed by atoms with Crippen molar-refractivity contribution in [1.29, 1.82) is 0 Å². The summed E-state index contributed by atoms with van der Waals surface area (Å²) in [4.78, 5) is 38.8. The van der Waals surface area contributed by atoms with E-state index < -0.39 is 0 Å². The Morgan fingerprint density at radius 1 is 1.12 bits per heavy atom. The van der Waals surface area contributed by atoms with Gasteiger partial charge in [-0.2, -0.15) is 0 Å². The molecule has 0 saturated heterocycles.